The van der Waals surface area contributed by atoms with Crippen molar-refractivity contribution >= 4 is 11.9 Å². The second kappa shape index (κ2) is 7.48. The third-order valence-corrected chi connectivity index (χ3v) is 3.74. The number of rotatable bonds is 6. The molecule has 0 aromatic heterocycles. The average molecular weight is 270 g/mol. The minimum atomic E-state index is -0.934. The summed E-state index contributed by atoms with van der Waals surface area (Å²) in [6.45, 7) is 3.17. The van der Waals surface area contributed by atoms with Crippen LogP contribution >= 0.6 is 0 Å². The Hall–Kier alpha value is -1.10. The molecule has 1 fully saturated rings. The Morgan fingerprint density at radius 2 is 1.89 bits per heavy atom. The summed E-state index contributed by atoms with van der Waals surface area (Å²) in [6, 6.07) is 0. The lowest BCUT2D eigenvalue weighted by molar-refractivity contribution is -0.147. The van der Waals surface area contributed by atoms with Crippen molar-refractivity contribution in [3.8, 4) is 0 Å². The van der Waals surface area contributed by atoms with Crippen LogP contribution in [0.4, 0.5) is 0 Å². The number of carbonyl (C=O) groups is 2. The van der Waals surface area contributed by atoms with Crippen molar-refractivity contribution in [3.05, 3.63) is 0 Å². The molecule has 110 valence electrons. The lowest BCUT2D eigenvalue weighted by atomic mass is 9.81. The highest BCUT2D eigenvalue weighted by atomic mass is 16.4. The number of carboxylic acids is 1. The molecule has 0 spiro atoms. The van der Waals surface area contributed by atoms with Crippen LogP contribution < -0.4 is 0 Å². The van der Waals surface area contributed by atoms with E-state index in [0.717, 1.165) is 19.3 Å². The topological polar surface area (TPSA) is 60.9 Å². The molecule has 1 saturated carbocycles. The smallest absolute Gasteiger partial charge is 0.323 e. The predicted octanol–water partition coefficient (Wildman–Crippen LogP) is 1.29. The maximum atomic E-state index is 12.4. The maximum Gasteiger partial charge on any atom is 0.323 e. The molecule has 0 unspecified atom stereocenters. The van der Waals surface area contributed by atoms with Crippen LogP contribution in [0.5, 0.6) is 0 Å². The Bertz CT molecular complexity index is 318. The van der Waals surface area contributed by atoms with Gasteiger partial charge in [-0.1, -0.05) is 19.8 Å². The molecular formula is C14H26N2O3. The lowest BCUT2D eigenvalue weighted by Gasteiger charge is -2.31. The molecule has 19 heavy (non-hydrogen) atoms. The van der Waals surface area contributed by atoms with Crippen molar-refractivity contribution in [3.63, 3.8) is 0 Å². The second-order valence-electron chi connectivity index (χ2n) is 5.93. The van der Waals surface area contributed by atoms with Crippen molar-refractivity contribution in [1.29, 1.82) is 0 Å². The lowest BCUT2D eigenvalue weighted by Crippen LogP contribution is -2.44. The minimum Gasteiger partial charge on any atom is -0.480 e. The Balaban J connectivity index is 2.61. The van der Waals surface area contributed by atoms with E-state index >= 15 is 0 Å². The van der Waals surface area contributed by atoms with Gasteiger partial charge in [-0.05, 0) is 32.9 Å². The van der Waals surface area contributed by atoms with E-state index in [-0.39, 0.29) is 18.4 Å². The summed E-state index contributed by atoms with van der Waals surface area (Å²) in [5, 5.41) is 8.94. The van der Waals surface area contributed by atoms with E-state index in [1.807, 2.05) is 19.0 Å². The molecule has 5 heteroatoms. The van der Waals surface area contributed by atoms with E-state index in [4.69, 9.17) is 5.11 Å². The monoisotopic (exact) mass is 270 g/mol. The van der Waals surface area contributed by atoms with E-state index < -0.39 is 5.97 Å². The van der Waals surface area contributed by atoms with Crippen LogP contribution in [0.3, 0.4) is 0 Å². The number of nitrogens with zero attached hydrogens (tertiary/aromatic N) is 2. The average Bonchev–Trinajstić information content (AvgIpc) is 2.33. The molecule has 1 rings (SSSR count). The summed E-state index contributed by atoms with van der Waals surface area (Å²) in [6.07, 6.45) is 4.06. The van der Waals surface area contributed by atoms with Gasteiger partial charge in [-0.25, -0.2) is 0 Å². The fourth-order valence-corrected chi connectivity index (χ4v) is 2.67. The Kier molecular flexibility index (Phi) is 6.28. The normalized spacial score (nSPS) is 23.4. The number of hydrogen-bond acceptors (Lipinski definition) is 3. The summed E-state index contributed by atoms with van der Waals surface area (Å²) in [5.41, 5.74) is 0. The highest BCUT2D eigenvalue weighted by Crippen LogP contribution is 2.29. The fourth-order valence-electron chi connectivity index (χ4n) is 2.67. The first kappa shape index (κ1) is 16.0. The van der Waals surface area contributed by atoms with Crippen LogP contribution in [0.1, 0.15) is 32.6 Å². The van der Waals surface area contributed by atoms with Gasteiger partial charge in [0.05, 0.1) is 0 Å². The summed E-state index contributed by atoms with van der Waals surface area (Å²) in [7, 11) is 3.85. The molecule has 0 saturated heterocycles. The third kappa shape index (κ3) is 5.59. The number of hydrogen-bond donors (Lipinski definition) is 1. The molecule has 2 atom stereocenters. The van der Waals surface area contributed by atoms with Gasteiger partial charge in [-0.3, -0.25) is 9.59 Å². The first-order valence-corrected chi connectivity index (χ1v) is 7.05. The van der Waals surface area contributed by atoms with Gasteiger partial charge in [0, 0.05) is 19.0 Å². The van der Waals surface area contributed by atoms with E-state index in [1.165, 1.54) is 11.3 Å². The molecule has 0 heterocycles. The molecule has 0 aliphatic heterocycles. The van der Waals surface area contributed by atoms with E-state index in [0.29, 0.717) is 19.0 Å². The van der Waals surface area contributed by atoms with Gasteiger partial charge in [-0.2, -0.15) is 0 Å². The fraction of sp³-hybridized carbons (Fsp3) is 0.857. The molecule has 0 bridgehead atoms. The van der Waals surface area contributed by atoms with E-state index in [2.05, 4.69) is 6.92 Å². The summed E-state index contributed by atoms with van der Waals surface area (Å²) < 4.78 is 0. The van der Waals surface area contributed by atoms with Crippen LogP contribution in [0, 0.1) is 11.8 Å². The van der Waals surface area contributed by atoms with Gasteiger partial charge in [0.25, 0.3) is 0 Å². The maximum absolute atomic E-state index is 12.4. The third-order valence-electron chi connectivity index (χ3n) is 3.74. The Morgan fingerprint density at radius 1 is 1.21 bits per heavy atom. The second-order valence-corrected chi connectivity index (χ2v) is 5.93. The molecule has 0 radical (unpaired) electrons. The molecule has 1 amide bonds. The highest BCUT2D eigenvalue weighted by Gasteiger charge is 2.29. The minimum absolute atomic E-state index is 0.0188. The number of likely N-dealkylation sites (N-methyl/N-ethyl adjacent to an activating group) is 1. The van der Waals surface area contributed by atoms with Gasteiger partial charge in [0.2, 0.25) is 5.91 Å². The Labute approximate surface area is 115 Å². The van der Waals surface area contributed by atoms with E-state index in [9.17, 15) is 9.59 Å². The van der Waals surface area contributed by atoms with Gasteiger partial charge >= 0.3 is 5.97 Å². The van der Waals surface area contributed by atoms with Crippen molar-refractivity contribution in [2.24, 2.45) is 11.8 Å². The molecule has 1 aliphatic rings. The number of aliphatic carboxylic acids is 1. The van der Waals surface area contributed by atoms with E-state index in [1.54, 1.807) is 0 Å². The predicted molar refractivity (Wildman–Crippen MR) is 73.9 cm³/mol. The van der Waals surface area contributed by atoms with Crippen LogP contribution in [-0.2, 0) is 9.59 Å². The molecule has 0 aromatic carbocycles. The highest BCUT2D eigenvalue weighted by molar-refractivity contribution is 5.83. The number of amides is 1. The molecule has 5 nitrogen and oxygen atoms in total. The number of carboxylic acid groups (broad SMARTS) is 1. The zero-order chi connectivity index (χ0) is 14.4. The zero-order valence-electron chi connectivity index (χ0n) is 12.3. The van der Waals surface area contributed by atoms with Crippen LogP contribution in [0.15, 0.2) is 0 Å². The molecule has 1 aliphatic carbocycles. The van der Waals surface area contributed by atoms with Crippen LogP contribution in [-0.4, -0.2) is 60.5 Å². The SMILES string of the molecule is C[C@H]1CCC[C@@H](C(=O)N(CCN(C)C)CC(=O)O)C1. The Morgan fingerprint density at radius 3 is 2.42 bits per heavy atom. The largest absolute Gasteiger partial charge is 0.480 e. The number of carbonyl (C=O) groups excluding carboxylic acids is 1. The van der Waals surface area contributed by atoms with Gasteiger partial charge < -0.3 is 14.9 Å². The molecular weight excluding hydrogens is 244 g/mol. The van der Waals surface area contributed by atoms with Crippen LogP contribution in [0.25, 0.3) is 0 Å². The first-order chi connectivity index (χ1) is 8.90. The van der Waals surface area contributed by atoms with Crippen molar-refractivity contribution in [2.45, 2.75) is 32.6 Å². The summed E-state index contributed by atoms with van der Waals surface area (Å²) >= 11 is 0. The molecule has 1 N–H and O–H groups in total. The van der Waals surface area contributed by atoms with Crippen molar-refractivity contribution in [2.75, 3.05) is 33.7 Å². The summed E-state index contributed by atoms with van der Waals surface area (Å²) in [4.78, 5) is 26.8. The van der Waals surface area contributed by atoms with Gasteiger partial charge in [0.1, 0.15) is 6.54 Å². The van der Waals surface area contributed by atoms with Crippen molar-refractivity contribution < 1.29 is 14.7 Å². The van der Waals surface area contributed by atoms with Crippen molar-refractivity contribution in [1.82, 2.24) is 9.80 Å². The van der Waals surface area contributed by atoms with Gasteiger partial charge in [0.15, 0.2) is 0 Å². The summed E-state index contributed by atoms with van der Waals surface area (Å²) in [5.74, 6) is -0.319. The zero-order valence-corrected chi connectivity index (χ0v) is 12.3. The first-order valence-electron chi connectivity index (χ1n) is 7.05. The van der Waals surface area contributed by atoms with Gasteiger partial charge in [-0.15, -0.1) is 0 Å². The molecule has 0 aromatic rings. The van der Waals surface area contributed by atoms with Crippen LogP contribution in [0.2, 0.25) is 0 Å². The standard InChI is InChI=1S/C14H26N2O3/c1-11-5-4-6-12(9-11)14(19)16(10-13(17)18)8-7-15(2)3/h11-12H,4-10H2,1-3H3,(H,17,18)/t11-,12+/m0/s1. The quantitative estimate of drug-likeness (QED) is 0.790.